The van der Waals surface area contributed by atoms with E-state index in [4.69, 9.17) is 9.84 Å². The zero-order valence-electron chi connectivity index (χ0n) is 15.2. The number of nitrogens with zero attached hydrogens (tertiary/aromatic N) is 2. The van der Waals surface area contributed by atoms with E-state index in [0.29, 0.717) is 23.7 Å². The van der Waals surface area contributed by atoms with Crippen LogP contribution in [0.5, 0.6) is 5.75 Å². The first-order valence-electron chi connectivity index (χ1n) is 8.70. The number of hydrogen-bond acceptors (Lipinski definition) is 5. The topological polar surface area (TPSA) is 71.8 Å². The van der Waals surface area contributed by atoms with Crippen molar-refractivity contribution >= 4 is 33.9 Å². The number of benzene rings is 1. The number of Topliss-reactive ketones (excluding diaryl/α,β-unsaturated/α-hetero) is 1. The predicted octanol–water partition coefficient (Wildman–Crippen LogP) is 2.62. The molecule has 1 aromatic carbocycles. The Morgan fingerprint density at radius 1 is 1.26 bits per heavy atom. The summed E-state index contributed by atoms with van der Waals surface area (Å²) in [5.41, 5.74) is 2.60. The van der Waals surface area contributed by atoms with Gasteiger partial charge in [0.15, 0.2) is 5.78 Å². The molecule has 0 unspecified atom stereocenters. The molecule has 1 amide bonds. The number of aromatic nitrogens is 1. The molecule has 4 rings (SSSR count). The van der Waals surface area contributed by atoms with E-state index in [9.17, 15) is 9.59 Å². The molecule has 2 aromatic heterocycles. The highest BCUT2D eigenvalue weighted by atomic mass is 32.1. The molecule has 1 N–H and O–H groups in total. The molecule has 27 heavy (non-hydrogen) atoms. The van der Waals surface area contributed by atoms with Crippen LogP contribution in [0.25, 0.3) is 10.9 Å². The molecular formula is C20H20N2O4S. The molecule has 0 spiro atoms. The smallest absolute Gasteiger partial charge is 0.270 e. The van der Waals surface area contributed by atoms with Gasteiger partial charge in [0.25, 0.3) is 5.91 Å². The van der Waals surface area contributed by atoms with Gasteiger partial charge in [-0.25, -0.2) is 0 Å². The highest BCUT2D eigenvalue weighted by Crippen LogP contribution is 2.30. The third kappa shape index (κ3) is 3.02. The molecule has 0 atom stereocenters. The van der Waals surface area contributed by atoms with E-state index in [1.54, 1.807) is 7.11 Å². The number of ether oxygens (including phenoxy) is 1. The van der Waals surface area contributed by atoms with E-state index in [1.807, 2.05) is 46.8 Å². The second-order valence-corrected chi connectivity index (χ2v) is 7.77. The minimum Gasteiger partial charge on any atom is -0.497 e. The molecule has 7 heteroatoms. The summed E-state index contributed by atoms with van der Waals surface area (Å²) in [6.45, 7) is 0.611. The number of carbonyl (C=O) groups is 2. The molecule has 1 aliphatic heterocycles. The van der Waals surface area contributed by atoms with Gasteiger partial charge in [0.05, 0.1) is 12.0 Å². The number of rotatable bonds is 4. The fraction of sp³-hybridized carbons (Fsp3) is 0.300. The normalized spacial score (nSPS) is 13.7. The first kappa shape index (κ1) is 17.8. The predicted molar refractivity (Wildman–Crippen MR) is 104 cm³/mol. The monoisotopic (exact) mass is 384 g/mol. The Morgan fingerprint density at radius 2 is 2.07 bits per heavy atom. The molecule has 3 aromatic rings. The molecule has 0 saturated heterocycles. The summed E-state index contributed by atoms with van der Waals surface area (Å²) in [6.07, 6.45) is 0.724. The van der Waals surface area contributed by atoms with Crippen LogP contribution in [0.4, 0.5) is 0 Å². The fourth-order valence-corrected chi connectivity index (χ4v) is 4.64. The van der Waals surface area contributed by atoms with Crippen molar-refractivity contribution in [1.82, 2.24) is 9.47 Å². The summed E-state index contributed by atoms with van der Waals surface area (Å²) >= 11 is 1.42. The van der Waals surface area contributed by atoms with Crippen LogP contribution in [-0.2, 0) is 20.0 Å². The molecule has 0 fully saturated rings. The van der Waals surface area contributed by atoms with Gasteiger partial charge in [-0.2, -0.15) is 0 Å². The quantitative estimate of drug-likeness (QED) is 0.702. The zero-order valence-corrected chi connectivity index (χ0v) is 16.0. The Labute approximate surface area is 160 Å². The molecule has 3 heterocycles. The van der Waals surface area contributed by atoms with Crippen molar-refractivity contribution in [3.63, 3.8) is 0 Å². The summed E-state index contributed by atoms with van der Waals surface area (Å²) in [5, 5.41) is 10.0. The van der Waals surface area contributed by atoms with E-state index in [-0.39, 0.29) is 11.7 Å². The molecule has 0 saturated carbocycles. The van der Waals surface area contributed by atoms with E-state index in [0.717, 1.165) is 33.5 Å². The fourth-order valence-electron chi connectivity index (χ4n) is 3.54. The third-order valence-corrected chi connectivity index (χ3v) is 6.32. The molecule has 0 aliphatic carbocycles. The van der Waals surface area contributed by atoms with Crippen LogP contribution in [0, 0.1) is 0 Å². The number of amides is 1. The highest BCUT2D eigenvalue weighted by molar-refractivity contribution is 7.14. The maximum atomic E-state index is 13.1. The van der Waals surface area contributed by atoms with E-state index >= 15 is 0 Å². The van der Waals surface area contributed by atoms with Gasteiger partial charge in [-0.1, -0.05) is 0 Å². The molecule has 6 nitrogen and oxygen atoms in total. The van der Waals surface area contributed by atoms with Crippen LogP contribution in [0.3, 0.4) is 0 Å². The number of aliphatic hydroxyl groups is 1. The lowest BCUT2D eigenvalue weighted by molar-refractivity contribution is 0.0726. The number of hydrogen-bond donors (Lipinski definition) is 1. The first-order chi connectivity index (χ1) is 13.0. The zero-order chi connectivity index (χ0) is 19.1. The number of methoxy groups -OCH3 is 1. The molecule has 1 aliphatic rings. The van der Waals surface area contributed by atoms with Gasteiger partial charge < -0.3 is 19.3 Å². The second-order valence-electron chi connectivity index (χ2n) is 6.63. The summed E-state index contributed by atoms with van der Waals surface area (Å²) in [5.74, 6) is 0.462. The lowest BCUT2D eigenvalue weighted by Crippen LogP contribution is -2.36. The Morgan fingerprint density at radius 3 is 2.81 bits per heavy atom. The number of thiophene rings is 1. The highest BCUT2D eigenvalue weighted by Gasteiger charge is 2.26. The van der Waals surface area contributed by atoms with Crippen LogP contribution in [-0.4, -0.2) is 46.5 Å². The summed E-state index contributed by atoms with van der Waals surface area (Å²) < 4.78 is 7.17. The van der Waals surface area contributed by atoms with Gasteiger partial charge in [-0.3, -0.25) is 9.59 Å². The molecular weight excluding hydrogens is 364 g/mol. The Bertz CT molecular complexity index is 1050. The van der Waals surface area contributed by atoms with Gasteiger partial charge in [-0.05, 0) is 42.3 Å². The van der Waals surface area contributed by atoms with E-state index in [1.165, 1.54) is 11.3 Å². The van der Waals surface area contributed by atoms with Crippen LogP contribution >= 0.6 is 11.3 Å². The molecule has 0 bridgehead atoms. The number of fused-ring (bicyclic) bond motifs is 2. The Kier molecular flexibility index (Phi) is 4.49. The number of aryl methyl sites for hydroxylation is 1. The Balaban J connectivity index is 1.62. The van der Waals surface area contributed by atoms with Crippen molar-refractivity contribution < 1.29 is 19.4 Å². The number of aliphatic hydroxyl groups excluding tert-OH is 1. The van der Waals surface area contributed by atoms with Crippen molar-refractivity contribution in [3.8, 4) is 5.75 Å². The molecule has 140 valence electrons. The first-order valence-corrected chi connectivity index (χ1v) is 9.52. The molecule has 0 radical (unpaired) electrons. The standard InChI is InChI=1S/C20H20N2O4S/c1-21-15-4-3-14(26-2)7-12(15)8-16(21)20(25)22-6-5-18-13(10-22)9-19(27-18)17(24)11-23/h3-4,7-9,23H,5-6,10-11H2,1-2H3. The average Bonchev–Trinajstić information content (AvgIpc) is 3.27. The third-order valence-electron chi connectivity index (χ3n) is 5.04. The lowest BCUT2D eigenvalue weighted by Gasteiger charge is -2.27. The summed E-state index contributed by atoms with van der Waals surface area (Å²) in [4.78, 5) is 28.4. The number of ketones is 1. The summed E-state index contributed by atoms with van der Waals surface area (Å²) in [7, 11) is 3.51. The Hall–Kier alpha value is -2.64. The van der Waals surface area contributed by atoms with E-state index in [2.05, 4.69) is 0 Å². The van der Waals surface area contributed by atoms with Gasteiger partial charge in [-0.15, -0.1) is 11.3 Å². The maximum absolute atomic E-state index is 13.1. The number of carbonyl (C=O) groups excluding carboxylic acids is 2. The van der Waals surface area contributed by atoms with Gasteiger partial charge in [0, 0.05) is 35.9 Å². The minimum absolute atomic E-state index is 0.0282. The lowest BCUT2D eigenvalue weighted by atomic mass is 10.1. The maximum Gasteiger partial charge on any atom is 0.270 e. The van der Waals surface area contributed by atoms with Crippen LogP contribution in [0.1, 0.15) is 30.6 Å². The largest absolute Gasteiger partial charge is 0.497 e. The van der Waals surface area contributed by atoms with E-state index < -0.39 is 6.61 Å². The van der Waals surface area contributed by atoms with Crippen LogP contribution in [0.2, 0.25) is 0 Å². The van der Waals surface area contributed by atoms with Crippen LogP contribution in [0.15, 0.2) is 30.3 Å². The SMILES string of the molecule is COc1ccc2c(c1)cc(C(=O)N1CCc3sc(C(=O)CO)cc3C1)n2C. The van der Waals surface area contributed by atoms with Crippen molar-refractivity contribution in [2.24, 2.45) is 7.05 Å². The van der Waals surface area contributed by atoms with Gasteiger partial charge in [0.2, 0.25) is 0 Å². The average molecular weight is 384 g/mol. The summed E-state index contributed by atoms with van der Waals surface area (Å²) in [6, 6.07) is 9.46. The minimum atomic E-state index is -0.485. The van der Waals surface area contributed by atoms with Crippen molar-refractivity contribution in [2.45, 2.75) is 13.0 Å². The van der Waals surface area contributed by atoms with Gasteiger partial charge >= 0.3 is 0 Å². The second kappa shape index (κ2) is 6.83. The van der Waals surface area contributed by atoms with Crippen molar-refractivity contribution in [1.29, 1.82) is 0 Å². The van der Waals surface area contributed by atoms with Crippen molar-refractivity contribution in [2.75, 3.05) is 20.3 Å². The van der Waals surface area contributed by atoms with Crippen LogP contribution < -0.4 is 4.74 Å². The van der Waals surface area contributed by atoms with Crippen molar-refractivity contribution in [3.05, 3.63) is 51.3 Å². The van der Waals surface area contributed by atoms with Gasteiger partial charge in [0.1, 0.15) is 18.1 Å².